The number of fused-ring (bicyclic) bond motifs is 10. The summed E-state index contributed by atoms with van der Waals surface area (Å²) in [6.45, 7) is 0. The summed E-state index contributed by atoms with van der Waals surface area (Å²) in [5, 5.41) is 15.7. The lowest BCUT2D eigenvalue weighted by molar-refractivity contribution is -0.128. The van der Waals surface area contributed by atoms with E-state index >= 15 is 0 Å². The highest BCUT2D eigenvalue weighted by molar-refractivity contribution is 6.31. The van der Waals surface area contributed by atoms with Crippen LogP contribution in [0.15, 0.2) is 79.0 Å². The number of anilines is 1. The maximum absolute atomic E-state index is 13.6. The highest BCUT2D eigenvalue weighted by atomic mass is 35.5. The van der Waals surface area contributed by atoms with E-state index in [0.29, 0.717) is 28.4 Å². The van der Waals surface area contributed by atoms with Crippen LogP contribution < -0.4 is 21.3 Å². The molecule has 4 amide bonds. The lowest BCUT2D eigenvalue weighted by atomic mass is 9.96. The summed E-state index contributed by atoms with van der Waals surface area (Å²) in [7, 11) is 3.18. The van der Waals surface area contributed by atoms with Gasteiger partial charge in [-0.3, -0.25) is 23.9 Å². The van der Waals surface area contributed by atoms with Crippen LogP contribution in [-0.4, -0.2) is 52.5 Å². The fourth-order valence-corrected chi connectivity index (χ4v) is 5.37. The zero-order valence-corrected chi connectivity index (χ0v) is 25.1. The Kier molecular flexibility index (Phi) is 9.40. The van der Waals surface area contributed by atoms with Gasteiger partial charge in [0.1, 0.15) is 17.8 Å². The average molecular weight is 613 g/mol. The molecule has 1 unspecified atom stereocenters. The first kappa shape index (κ1) is 30.5. The first-order valence-corrected chi connectivity index (χ1v) is 14.7. The molecule has 11 heteroatoms. The number of hydrogen-bond donors (Lipinski definition) is 4. The molecule has 0 aliphatic carbocycles. The Hall–Kier alpha value is -4.96. The van der Waals surface area contributed by atoms with Crippen LogP contribution in [0.4, 0.5) is 5.69 Å². The molecule has 10 nitrogen and oxygen atoms in total. The van der Waals surface area contributed by atoms with Crippen LogP contribution >= 0.6 is 11.6 Å². The molecular formula is C33H33ClN6O4. The van der Waals surface area contributed by atoms with Crippen LogP contribution in [0.5, 0.6) is 0 Å². The van der Waals surface area contributed by atoms with Crippen LogP contribution in [0.1, 0.15) is 33.6 Å². The summed E-state index contributed by atoms with van der Waals surface area (Å²) < 4.78 is 1.44. The van der Waals surface area contributed by atoms with Crippen molar-refractivity contribution in [1.82, 2.24) is 25.7 Å². The molecule has 0 radical (unpaired) electrons. The first-order chi connectivity index (χ1) is 21.2. The van der Waals surface area contributed by atoms with Gasteiger partial charge in [0.25, 0.3) is 5.91 Å². The molecule has 4 N–H and O–H groups in total. The predicted octanol–water partition coefficient (Wildman–Crippen LogP) is 3.44. The van der Waals surface area contributed by atoms with Crippen molar-refractivity contribution in [3.63, 3.8) is 0 Å². The topological polar surface area (TPSA) is 134 Å². The molecule has 0 saturated carbocycles. The number of hydrogen-bond acceptors (Lipinski definition) is 5. The van der Waals surface area contributed by atoms with Crippen molar-refractivity contribution in [1.29, 1.82) is 0 Å². The molecule has 44 heavy (non-hydrogen) atoms. The second-order valence-corrected chi connectivity index (χ2v) is 11.1. The van der Waals surface area contributed by atoms with E-state index in [1.807, 2.05) is 36.4 Å². The minimum atomic E-state index is -0.963. The highest BCUT2D eigenvalue weighted by Crippen LogP contribution is 2.28. The number of rotatable bonds is 3. The zero-order valence-electron chi connectivity index (χ0n) is 24.4. The maximum Gasteiger partial charge on any atom is 0.270 e. The average Bonchev–Trinajstić information content (AvgIpc) is 3.46. The van der Waals surface area contributed by atoms with E-state index in [-0.39, 0.29) is 31.1 Å². The number of aryl methyl sites for hydroxylation is 2. The molecule has 3 aromatic carbocycles. The Balaban J connectivity index is 1.52. The van der Waals surface area contributed by atoms with Crippen molar-refractivity contribution in [3.8, 4) is 11.1 Å². The molecule has 6 rings (SSSR count). The van der Waals surface area contributed by atoms with E-state index in [1.165, 1.54) is 17.9 Å². The van der Waals surface area contributed by atoms with E-state index in [2.05, 4.69) is 26.4 Å². The second kappa shape index (κ2) is 13.6. The van der Waals surface area contributed by atoms with Gasteiger partial charge < -0.3 is 21.3 Å². The largest absolute Gasteiger partial charge is 0.357 e. The van der Waals surface area contributed by atoms with Crippen molar-refractivity contribution in [2.75, 3.05) is 12.4 Å². The number of likely N-dealkylation sites (N-methyl/N-ethyl adjacent to an activating group) is 1. The highest BCUT2D eigenvalue weighted by Gasteiger charge is 2.25. The summed E-state index contributed by atoms with van der Waals surface area (Å²) in [5.74, 6) is -1.40. The van der Waals surface area contributed by atoms with Gasteiger partial charge in [0, 0.05) is 50.3 Å². The summed E-state index contributed by atoms with van der Waals surface area (Å²) >= 11 is 6.62. The number of carbonyl (C=O) groups excluding carboxylic acids is 4. The Bertz CT molecular complexity index is 1700. The molecule has 2 aliphatic rings. The van der Waals surface area contributed by atoms with Crippen molar-refractivity contribution in [2.45, 2.75) is 37.8 Å². The number of aromatic nitrogens is 2. The summed E-state index contributed by atoms with van der Waals surface area (Å²) in [6.07, 6.45) is 2.61. The van der Waals surface area contributed by atoms with Gasteiger partial charge in [0.15, 0.2) is 0 Å². The monoisotopic (exact) mass is 612 g/mol. The Morgan fingerprint density at radius 2 is 1.70 bits per heavy atom. The number of amides is 4. The predicted molar refractivity (Wildman–Crippen MR) is 168 cm³/mol. The molecule has 6 bridgehead atoms. The van der Waals surface area contributed by atoms with Crippen molar-refractivity contribution >= 4 is 40.9 Å². The van der Waals surface area contributed by atoms with Crippen LogP contribution in [0.3, 0.4) is 0 Å². The fourth-order valence-electron chi connectivity index (χ4n) is 5.17. The van der Waals surface area contributed by atoms with Crippen molar-refractivity contribution < 1.29 is 19.2 Å². The molecule has 4 aromatic rings. The zero-order chi connectivity index (χ0) is 31.2. The quantitative estimate of drug-likeness (QED) is 0.281. The van der Waals surface area contributed by atoms with Gasteiger partial charge >= 0.3 is 0 Å². The van der Waals surface area contributed by atoms with Gasteiger partial charge in [-0.1, -0.05) is 54.1 Å². The third-order valence-electron chi connectivity index (χ3n) is 7.61. The Labute approximate surface area is 260 Å². The number of carbonyl (C=O) groups is 4. The molecule has 226 valence electrons. The second-order valence-electron chi connectivity index (χ2n) is 10.7. The van der Waals surface area contributed by atoms with Gasteiger partial charge in [-0.15, -0.1) is 0 Å². The fraction of sp³-hybridized carbons (Fsp3) is 0.242. The molecule has 1 aromatic heterocycles. The normalized spacial score (nSPS) is 17.2. The first-order valence-electron chi connectivity index (χ1n) is 14.3. The Morgan fingerprint density at radius 3 is 2.43 bits per heavy atom. The SMILES string of the molecule is CNC(=O)[C@H]1Cc2ccc(cc2)NC(=O)C(NC(=O)c2ccnn2C)Cc2cc(ccc2Cl)-c2cccc(c2)CCC(=O)N1. The number of benzene rings is 3. The summed E-state index contributed by atoms with van der Waals surface area (Å²) in [5.41, 5.74) is 5.04. The molecule has 2 atom stereocenters. The molecule has 0 spiro atoms. The number of nitrogens with zero attached hydrogens (tertiary/aromatic N) is 2. The number of nitrogens with one attached hydrogen (secondary N) is 4. The van der Waals surface area contributed by atoms with Crippen LogP contribution in [0.2, 0.25) is 5.02 Å². The molecular weight excluding hydrogens is 580 g/mol. The molecule has 2 aliphatic heterocycles. The summed E-state index contributed by atoms with van der Waals surface area (Å²) in [4.78, 5) is 52.3. The van der Waals surface area contributed by atoms with Gasteiger partial charge in [0.2, 0.25) is 17.7 Å². The van der Waals surface area contributed by atoms with E-state index in [9.17, 15) is 19.2 Å². The lowest BCUT2D eigenvalue weighted by Crippen LogP contribution is -2.47. The van der Waals surface area contributed by atoms with E-state index < -0.39 is 23.9 Å². The van der Waals surface area contributed by atoms with Gasteiger partial charge in [-0.05, 0) is 64.6 Å². The minimum absolute atomic E-state index is 0.133. The third kappa shape index (κ3) is 7.33. The van der Waals surface area contributed by atoms with Gasteiger partial charge in [0.05, 0.1) is 0 Å². The Morgan fingerprint density at radius 1 is 0.932 bits per heavy atom. The standard InChI is InChI=1S/C33H33ClN6O4/c1-35-31(42)27-17-21-6-10-25(11-7-21)37-32(43)28(39-33(44)29-14-15-36-40(29)2)19-24-18-23(9-12-26(24)34)22-5-3-4-20(16-22)8-13-30(41)38-27/h3-7,9-12,14-16,18,27-28H,8,13,17,19H2,1-2H3,(H,35,42)(H,37,43)(H,38,41)(H,39,44)/t27-,28?/m1/s1. The van der Waals surface area contributed by atoms with E-state index in [0.717, 1.165) is 22.3 Å². The molecule has 0 saturated heterocycles. The smallest absolute Gasteiger partial charge is 0.270 e. The van der Waals surface area contributed by atoms with E-state index in [4.69, 9.17) is 11.6 Å². The molecule has 3 heterocycles. The van der Waals surface area contributed by atoms with Crippen LogP contribution in [-0.2, 0) is 40.7 Å². The summed E-state index contributed by atoms with van der Waals surface area (Å²) in [6, 6.07) is 20.3. The minimum Gasteiger partial charge on any atom is -0.357 e. The van der Waals surface area contributed by atoms with Crippen LogP contribution in [0.25, 0.3) is 11.1 Å². The van der Waals surface area contributed by atoms with Gasteiger partial charge in [-0.25, -0.2) is 0 Å². The van der Waals surface area contributed by atoms with E-state index in [1.54, 1.807) is 43.4 Å². The maximum atomic E-state index is 13.6. The lowest BCUT2D eigenvalue weighted by Gasteiger charge is -2.21. The third-order valence-corrected chi connectivity index (χ3v) is 7.97. The number of halogens is 1. The van der Waals surface area contributed by atoms with Crippen LogP contribution in [0, 0.1) is 0 Å². The van der Waals surface area contributed by atoms with Gasteiger partial charge in [-0.2, -0.15) is 5.10 Å². The molecule has 0 fully saturated rings. The van der Waals surface area contributed by atoms with Crippen molar-refractivity contribution in [2.24, 2.45) is 7.05 Å². The van der Waals surface area contributed by atoms with Crippen molar-refractivity contribution in [3.05, 3.63) is 106 Å².